The summed E-state index contributed by atoms with van der Waals surface area (Å²) in [5.74, 6) is -1.87. The number of nitrogens with one attached hydrogen (secondary N) is 1. The van der Waals surface area contributed by atoms with Gasteiger partial charge in [0, 0.05) is 23.7 Å². The number of halogens is 3. The topological polar surface area (TPSA) is 49.4 Å². The molecule has 140 valence electrons. The Morgan fingerprint density at radius 1 is 1.08 bits per heavy atom. The Kier molecular flexibility index (Phi) is 5.92. The number of rotatable bonds is 6. The quantitative estimate of drug-likeness (QED) is 0.803. The maximum Gasteiger partial charge on any atom is 0.240 e. The molecular weight excluding hydrogens is 382 g/mol. The standard InChI is InChI=1S/C18H19ClF2N2O2S/c19-17-6-2-1-5-16(17)18(23-7-3-4-8-23)12-22-26(24,25)15-10-13(20)9-14(21)11-15/h1-2,5-6,9-11,18,22H,3-4,7-8,12H2. The molecule has 1 heterocycles. The van der Waals surface area contributed by atoms with Crippen molar-refractivity contribution in [1.82, 2.24) is 9.62 Å². The average Bonchev–Trinajstić information content (AvgIpc) is 3.10. The Bertz CT molecular complexity index is 866. The predicted octanol–water partition coefficient (Wildman–Crippen LogP) is 3.73. The lowest BCUT2D eigenvalue weighted by molar-refractivity contribution is 0.246. The summed E-state index contributed by atoms with van der Waals surface area (Å²) >= 11 is 6.30. The highest BCUT2D eigenvalue weighted by Crippen LogP contribution is 2.30. The van der Waals surface area contributed by atoms with Gasteiger partial charge in [-0.25, -0.2) is 21.9 Å². The molecule has 4 nitrogen and oxygen atoms in total. The van der Waals surface area contributed by atoms with Gasteiger partial charge in [-0.3, -0.25) is 4.90 Å². The molecule has 2 aromatic rings. The third kappa shape index (κ3) is 4.40. The molecule has 8 heteroatoms. The molecule has 1 aliphatic rings. The number of nitrogens with zero attached hydrogens (tertiary/aromatic N) is 1. The van der Waals surface area contributed by atoms with Crippen LogP contribution in [0.1, 0.15) is 24.4 Å². The molecular formula is C18H19ClF2N2O2S. The molecule has 1 aliphatic heterocycles. The van der Waals surface area contributed by atoms with Crippen molar-refractivity contribution in [1.29, 1.82) is 0 Å². The van der Waals surface area contributed by atoms with E-state index in [4.69, 9.17) is 11.6 Å². The molecule has 26 heavy (non-hydrogen) atoms. The zero-order valence-electron chi connectivity index (χ0n) is 14.0. The highest BCUT2D eigenvalue weighted by Gasteiger charge is 2.27. The van der Waals surface area contributed by atoms with Gasteiger partial charge in [-0.05, 0) is 49.7 Å². The molecule has 0 bridgehead atoms. The Hall–Kier alpha value is -1.54. The molecule has 0 aromatic heterocycles. The van der Waals surface area contributed by atoms with Gasteiger partial charge in [0.25, 0.3) is 0 Å². The first-order chi connectivity index (χ1) is 12.4. The summed E-state index contributed by atoms with van der Waals surface area (Å²) in [6.07, 6.45) is 2.06. The van der Waals surface area contributed by atoms with Crippen molar-refractivity contribution in [2.75, 3.05) is 19.6 Å². The van der Waals surface area contributed by atoms with Crippen molar-refractivity contribution >= 4 is 21.6 Å². The predicted molar refractivity (Wildman–Crippen MR) is 96.5 cm³/mol. The van der Waals surface area contributed by atoms with Crippen molar-refractivity contribution in [2.24, 2.45) is 0 Å². The van der Waals surface area contributed by atoms with E-state index in [-0.39, 0.29) is 12.6 Å². The monoisotopic (exact) mass is 400 g/mol. The smallest absolute Gasteiger partial charge is 0.240 e. The maximum absolute atomic E-state index is 13.4. The summed E-state index contributed by atoms with van der Waals surface area (Å²) in [6.45, 7) is 1.74. The molecule has 1 unspecified atom stereocenters. The van der Waals surface area contributed by atoms with E-state index in [1.807, 2.05) is 18.2 Å². The second-order valence-electron chi connectivity index (χ2n) is 6.24. The van der Waals surface area contributed by atoms with Crippen LogP contribution in [0.3, 0.4) is 0 Å². The lowest BCUT2D eigenvalue weighted by Gasteiger charge is -2.28. The van der Waals surface area contributed by atoms with Crippen LogP contribution in [0.15, 0.2) is 47.4 Å². The van der Waals surface area contributed by atoms with Crippen LogP contribution in [-0.2, 0) is 10.0 Å². The highest BCUT2D eigenvalue weighted by molar-refractivity contribution is 7.89. The van der Waals surface area contributed by atoms with Crippen molar-refractivity contribution in [2.45, 2.75) is 23.8 Å². The van der Waals surface area contributed by atoms with Crippen LogP contribution in [0.25, 0.3) is 0 Å². The molecule has 1 N–H and O–H groups in total. The summed E-state index contributed by atoms with van der Waals surface area (Å²) in [6, 6.07) is 9.26. The summed E-state index contributed by atoms with van der Waals surface area (Å²) in [5, 5.41) is 0.556. The molecule has 1 atom stereocenters. The van der Waals surface area contributed by atoms with Crippen molar-refractivity contribution in [3.63, 3.8) is 0 Å². The first kappa shape index (κ1) is 19.2. The third-order valence-electron chi connectivity index (χ3n) is 4.46. The first-order valence-corrected chi connectivity index (χ1v) is 10.2. The van der Waals surface area contributed by atoms with E-state index >= 15 is 0 Å². The summed E-state index contributed by atoms with van der Waals surface area (Å²) in [4.78, 5) is 1.73. The van der Waals surface area contributed by atoms with Gasteiger partial charge in [-0.15, -0.1) is 0 Å². The summed E-state index contributed by atoms with van der Waals surface area (Å²) in [5.41, 5.74) is 0.823. The van der Waals surface area contributed by atoms with Crippen LogP contribution in [0.4, 0.5) is 8.78 Å². The number of hydrogen-bond acceptors (Lipinski definition) is 3. The fourth-order valence-electron chi connectivity index (χ4n) is 3.19. The van der Waals surface area contributed by atoms with Gasteiger partial charge in [0.05, 0.1) is 4.90 Å². The van der Waals surface area contributed by atoms with E-state index in [9.17, 15) is 17.2 Å². The Labute approximate surface area is 156 Å². The second kappa shape index (κ2) is 8.00. The number of hydrogen-bond donors (Lipinski definition) is 1. The van der Waals surface area contributed by atoms with Crippen LogP contribution < -0.4 is 4.72 Å². The number of sulfonamides is 1. The number of likely N-dealkylation sites (tertiary alicyclic amines) is 1. The molecule has 2 aromatic carbocycles. The molecule has 1 fully saturated rings. The van der Waals surface area contributed by atoms with Crippen molar-refractivity contribution < 1.29 is 17.2 Å². The van der Waals surface area contributed by atoms with Crippen LogP contribution >= 0.6 is 11.6 Å². The zero-order chi connectivity index (χ0) is 18.7. The van der Waals surface area contributed by atoms with Crippen LogP contribution in [0.2, 0.25) is 5.02 Å². The van der Waals surface area contributed by atoms with Gasteiger partial charge in [-0.2, -0.15) is 0 Å². The summed E-state index contributed by atoms with van der Waals surface area (Å²) < 4.78 is 54.1. The largest absolute Gasteiger partial charge is 0.295 e. The minimum absolute atomic E-state index is 0.0597. The van der Waals surface area contributed by atoms with Gasteiger partial charge in [0.1, 0.15) is 11.6 Å². The Morgan fingerprint density at radius 2 is 1.69 bits per heavy atom. The second-order valence-corrected chi connectivity index (χ2v) is 8.41. The van der Waals surface area contributed by atoms with E-state index < -0.39 is 26.6 Å². The minimum atomic E-state index is -4.05. The zero-order valence-corrected chi connectivity index (χ0v) is 15.5. The van der Waals surface area contributed by atoms with E-state index in [1.54, 1.807) is 6.07 Å². The SMILES string of the molecule is O=S(=O)(NCC(c1ccccc1Cl)N1CCCC1)c1cc(F)cc(F)c1. The molecule has 3 rings (SSSR count). The lowest BCUT2D eigenvalue weighted by atomic mass is 10.1. The lowest BCUT2D eigenvalue weighted by Crippen LogP contribution is -2.37. The molecule has 1 saturated heterocycles. The fourth-order valence-corrected chi connectivity index (χ4v) is 4.53. The van der Waals surface area contributed by atoms with Gasteiger partial charge in [-0.1, -0.05) is 29.8 Å². The van der Waals surface area contributed by atoms with Crippen LogP contribution in [-0.4, -0.2) is 33.0 Å². The van der Waals surface area contributed by atoms with E-state index in [0.29, 0.717) is 11.1 Å². The summed E-state index contributed by atoms with van der Waals surface area (Å²) in [7, 11) is -4.05. The van der Waals surface area contributed by atoms with E-state index in [1.165, 1.54) is 0 Å². The van der Waals surface area contributed by atoms with Crippen molar-refractivity contribution in [3.8, 4) is 0 Å². The van der Waals surface area contributed by atoms with Crippen LogP contribution in [0.5, 0.6) is 0 Å². The third-order valence-corrected chi connectivity index (χ3v) is 6.21. The normalized spacial score (nSPS) is 16.7. The molecule has 0 saturated carbocycles. The fraction of sp³-hybridized carbons (Fsp3) is 0.333. The molecule has 0 aliphatic carbocycles. The maximum atomic E-state index is 13.4. The first-order valence-electron chi connectivity index (χ1n) is 8.31. The van der Waals surface area contributed by atoms with Gasteiger partial charge < -0.3 is 0 Å². The average molecular weight is 401 g/mol. The van der Waals surface area contributed by atoms with Crippen LogP contribution in [0, 0.1) is 11.6 Å². The highest BCUT2D eigenvalue weighted by atomic mass is 35.5. The molecule has 0 spiro atoms. The van der Waals surface area contributed by atoms with Gasteiger partial charge in [0.15, 0.2) is 0 Å². The minimum Gasteiger partial charge on any atom is -0.295 e. The van der Waals surface area contributed by atoms with E-state index in [2.05, 4.69) is 9.62 Å². The van der Waals surface area contributed by atoms with Crippen molar-refractivity contribution in [3.05, 3.63) is 64.7 Å². The molecule has 0 radical (unpaired) electrons. The number of benzene rings is 2. The van der Waals surface area contributed by atoms with Gasteiger partial charge >= 0.3 is 0 Å². The molecule has 0 amide bonds. The Morgan fingerprint density at radius 3 is 2.31 bits per heavy atom. The van der Waals surface area contributed by atoms with E-state index in [0.717, 1.165) is 43.6 Å². The Balaban J connectivity index is 1.84. The van der Waals surface area contributed by atoms with Gasteiger partial charge in [0.2, 0.25) is 10.0 Å².